The fourth-order valence-electron chi connectivity index (χ4n) is 0.309. The van der Waals surface area contributed by atoms with Gasteiger partial charge in [-0.2, -0.15) is 0 Å². The van der Waals surface area contributed by atoms with Crippen molar-refractivity contribution in [3.05, 3.63) is 10.7 Å². The molecule has 1 aromatic rings. The van der Waals surface area contributed by atoms with Gasteiger partial charge in [0.1, 0.15) is 5.29 Å². The van der Waals surface area contributed by atoms with E-state index in [1.807, 2.05) is 0 Å². The molecule has 0 unspecified atom stereocenters. The van der Waals surface area contributed by atoms with Gasteiger partial charge in [0.15, 0.2) is 5.82 Å². The molecule has 8 heavy (non-hydrogen) atoms. The lowest BCUT2D eigenvalue weighted by Gasteiger charge is -1.70. The summed E-state index contributed by atoms with van der Waals surface area (Å²) in [5, 5.41) is 12.4. The average molecular weight is 113 g/mol. The van der Waals surface area contributed by atoms with E-state index in [1.165, 1.54) is 0 Å². The highest BCUT2D eigenvalue weighted by Gasteiger charge is 1.91. The lowest BCUT2D eigenvalue weighted by Crippen LogP contribution is -1.90. The van der Waals surface area contributed by atoms with Crippen LogP contribution in [-0.4, -0.2) is 20.3 Å². The molecule has 0 aliphatic rings. The Morgan fingerprint density at radius 1 is 1.75 bits per heavy atom. The number of rotatable bonds is 1. The normalized spacial score (nSPS) is 9.12. The summed E-state index contributed by atoms with van der Waals surface area (Å²) in [5.41, 5.74) is 0. The molecule has 1 aromatic heterocycles. The average Bonchev–Trinajstić information content (AvgIpc) is 2.14. The zero-order valence-corrected chi connectivity index (χ0v) is 4.14. The van der Waals surface area contributed by atoms with Crippen LogP contribution in [0.15, 0.2) is 5.29 Å². The van der Waals surface area contributed by atoms with E-state index in [-0.39, 0.29) is 0 Å². The first-order chi connectivity index (χ1) is 3.83. The zero-order chi connectivity index (χ0) is 5.98. The van der Waals surface area contributed by atoms with Crippen molar-refractivity contribution >= 4 is 0 Å². The molecule has 0 aliphatic heterocycles. The Balaban J connectivity index is 3.00. The predicted molar refractivity (Wildman–Crippen MR) is 23.7 cm³/mol. The first-order valence-corrected chi connectivity index (χ1v) is 1.93. The van der Waals surface area contributed by atoms with E-state index in [0.29, 0.717) is 10.7 Å². The van der Waals surface area contributed by atoms with Crippen molar-refractivity contribution in [3.63, 3.8) is 0 Å². The van der Waals surface area contributed by atoms with Crippen LogP contribution >= 0.6 is 0 Å². The van der Waals surface area contributed by atoms with Crippen LogP contribution in [0.25, 0.3) is 0 Å². The fourth-order valence-corrected chi connectivity index (χ4v) is 0.309. The number of tetrazole rings is 1. The van der Waals surface area contributed by atoms with Crippen LogP contribution in [0.1, 0.15) is 5.82 Å². The van der Waals surface area contributed by atoms with Gasteiger partial charge in [0.05, 0.1) is 0 Å². The van der Waals surface area contributed by atoms with Crippen molar-refractivity contribution in [2.75, 3.05) is 0 Å². The van der Waals surface area contributed by atoms with Gasteiger partial charge in [0.25, 0.3) is 0 Å². The fraction of sp³-hybridized carbons (Fsp3) is 0.500. The molecule has 0 atom stereocenters. The minimum atomic E-state index is 0.435. The van der Waals surface area contributed by atoms with Crippen molar-refractivity contribution in [2.45, 2.75) is 6.92 Å². The van der Waals surface area contributed by atoms with Crippen molar-refractivity contribution in [1.29, 1.82) is 0 Å². The smallest absolute Gasteiger partial charge is 0.121 e. The molecular weight excluding hydrogens is 110 g/mol. The molecular formula is C2H3N5O. The third-order valence-electron chi connectivity index (χ3n) is 0.577. The summed E-state index contributed by atoms with van der Waals surface area (Å²) >= 11 is 0. The summed E-state index contributed by atoms with van der Waals surface area (Å²) < 4.78 is 0. The Morgan fingerprint density at radius 3 is 2.75 bits per heavy atom. The molecule has 0 amide bonds. The third kappa shape index (κ3) is 0.673. The second kappa shape index (κ2) is 1.65. The van der Waals surface area contributed by atoms with Crippen LogP contribution in [0.4, 0.5) is 0 Å². The Morgan fingerprint density at radius 2 is 2.50 bits per heavy atom. The molecule has 0 spiro atoms. The van der Waals surface area contributed by atoms with Gasteiger partial charge >= 0.3 is 0 Å². The first-order valence-electron chi connectivity index (χ1n) is 1.93. The summed E-state index contributed by atoms with van der Waals surface area (Å²) in [6.07, 6.45) is 0. The molecule has 0 bridgehead atoms. The van der Waals surface area contributed by atoms with Gasteiger partial charge in [0.2, 0.25) is 0 Å². The Hall–Kier alpha value is -1.33. The van der Waals surface area contributed by atoms with Gasteiger partial charge in [-0.25, -0.2) is 0 Å². The highest BCUT2D eigenvalue weighted by molar-refractivity contribution is 4.65. The standard InChI is InChI=1S/C2H3N5O/c1-2-3-5-7(4-2)6-8/h1H3. The Kier molecular flexibility index (Phi) is 0.991. The van der Waals surface area contributed by atoms with Gasteiger partial charge in [-0.1, -0.05) is 0 Å². The van der Waals surface area contributed by atoms with E-state index in [2.05, 4.69) is 20.7 Å². The van der Waals surface area contributed by atoms with E-state index in [4.69, 9.17) is 0 Å². The molecule has 6 heteroatoms. The van der Waals surface area contributed by atoms with Gasteiger partial charge in [0, 0.05) is 0 Å². The van der Waals surface area contributed by atoms with Crippen molar-refractivity contribution in [2.24, 2.45) is 5.29 Å². The molecule has 42 valence electrons. The maximum atomic E-state index is 9.57. The molecule has 0 saturated heterocycles. The van der Waals surface area contributed by atoms with Gasteiger partial charge < -0.3 is 0 Å². The quantitative estimate of drug-likeness (QED) is 0.460. The molecule has 0 radical (unpaired) electrons. The molecule has 0 aromatic carbocycles. The van der Waals surface area contributed by atoms with Gasteiger partial charge in [-0.3, -0.25) is 0 Å². The van der Waals surface area contributed by atoms with Gasteiger partial charge in [-0.05, 0) is 17.0 Å². The summed E-state index contributed by atoms with van der Waals surface area (Å²) in [4.78, 5) is 10.2. The lowest BCUT2D eigenvalue weighted by atomic mass is 10.8. The highest BCUT2D eigenvalue weighted by Crippen LogP contribution is 1.77. The summed E-state index contributed by atoms with van der Waals surface area (Å²) in [6, 6.07) is 0. The number of hydrogen-bond donors (Lipinski definition) is 0. The number of hydrogen-bond acceptors (Lipinski definition) is 5. The SMILES string of the molecule is Cc1nnn(N=O)n1. The Bertz CT molecular complexity index is 192. The van der Waals surface area contributed by atoms with Crippen LogP contribution in [0.3, 0.4) is 0 Å². The summed E-state index contributed by atoms with van der Waals surface area (Å²) in [6.45, 7) is 1.62. The zero-order valence-electron chi connectivity index (χ0n) is 4.14. The predicted octanol–water partition coefficient (Wildman–Crippen LogP) is -0.489. The van der Waals surface area contributed by atoms with Crippen molar-refractivity contribution < 1.29 is 0 Å². The largest absolute Gasteiger partial charge is 0.174 e. The van der Waals surface area contributed by atoms with Crippen LogP contribution in [0, 0.1) is 11.8 Å². The monoisotopic (exact) mass is 113 g/mol. The second-order valence-electron chi connectivity index (χ2n) is 1.19. The van der Waals surface area contributed by atoms with Crippen LogP contribution < -0.4 is 0 Å². The van der Waals surface area contributed by atoms with Crippen LogP contribution in [0.2, 0.25) is 0 Å². The number of aromatic nitrogens is 4. The molecule has 0 saturated carbocycles. The van der Waals surface area contributed by atoms with E-state index >= 15 is 0 Å². The molecule has 1 heterocycles. The second-order valence-corrected chi connectivity index (χ2v) is 1.19. The van der Waals surface area contributed by atoms with E-state index in [0.717, 1.165) is 0 Å². The number of nitroso groups, excluding NO2 is 1. The minimum Gasteiger partial charge on any atom is -0.121 e. The molecule has 0 N–H and O–H groups in total. The van der Waals surface area contributed by atoms with E-state index < -0.39 is 0 Å². The molecule has 0 aliphatic carbocycles. The van der Waals surface area contributed by atoms with Crippen molar-refractivity contribution in [3.8, 4) is 0 Å². The maximum Gasteiger partial charge on any atom is 0.174 e. The van der Waals surface area contributed by atoms with Crippen LogP contribution in [0.5, 0.6) is 0 Å². The topological polar surface area (TPSA) is 73.0 Å². The molecule has 1 rings (SSSR count). The van der Waals surface area contributed by atoms with Crippen molar-refractivity contribution in [1.82, 2.24) is 20.3 Å². The number of nitrogens with zero attached hydrogens (tertiary/aromatic N) is 5. The Labute approximate surface area is 44.4 Å². The third-order valence-corrected chi connectivity index (χ3v) is 0.577. The van der Waals surface area contributed by atoms with E-state index in [1.54, 1.807) is 6.92 Å². The van der Waals surface area contributed by atoms with Gasteiger partial charge in [-0.15, -0.1) is 15.1 Å². The number of aryl methyl sites for hydroxylation is 1. The summed E-state index contributed by atoms with van der Waals surface area (Å²) in [7, 11) is 0. The van der Waals surface area contributed by atoms with Crippen LogP contribution in [-0.2, 0) is 0 Å². The highest BCUT2D eigenvalue weighted by atomic mass is 16.3. The lowest BCUT2D eigenvalue weighted by molar-refractivity contribution is 0.603. The maximum absolute atomic E-state index is 9.57. The molecule has 6 nitrogen and oxygen atoms in total. The first kappa shape index (κ1) is 4.82. The summed E-state index contributed by atoms with van der Waals surface area (Å²) in [5.74, 6) is 0.435. The minimum absolute atomic E-state index is 0.435. The molecule has 0 fully saturated rings. The van der Waals surface area contributed by atoms with E-state index in [9.17, 15) is 4.91 Å².